The molecule has 0 aromatic carbocycles. The van der Waals surface area contributed by atoms with Gasteiger partial charge in [0.2, 0.25) is 0 Å². The van der Waals surface area contributed by atoms with Gasteiger partial charge in [0.15, 0.2) is 0 Å². The van der Waals surface area contributed by atoms with Crippen molar-refractivity contribution in [2.45, 2.75) is 49.4 Å². The fourth-order valence-electron chi connectivity index (χ4n) is 2.76. The van der Waals surface area contributed by atoms with Gasteiger partial charge in [0, 0.05) is 16.9 Å². The van der Waals surface area contributed by atoms with E-state index in [0.29, 0.717) is 16.9 Å². The summed E-state index contributed by atoms with van der Waals surface area (Å²) in [5.41, 5.74) is 0. The Morgan fingerprint density at radius 2 is 1.83 bits per heavy atom. The van der Waals surface area contributed by atoms with Crippen LogP contribution < -0.4 is 0 Å². The second-order valence-electron chi connectivity index (χ2n) is 4.03. The maximum absolute atomic E-state index is 9.55. The van der Waals surface area contributed by atoms with E-state index in [1.54, 1.807) is 0 Å². The Kier molecular flexibility index (Phi) is 2.50. The number of hydrogen-bond acceptors (Lipinski definition) is 2. The molecule has 0 radical (unpaired) electrons. The largest absolute Gasteiger partial charge is 0.437 e. The number of piperidine rings is 1. The van der Waals surface area contributed by atoms with Crippen molar-refractivity contribution in [3.63, 3.8) is 0 Å². The van der Waals surface area contributed by atoms with Crippen molar-refractivity contribution < 1.29 is 5.02 Å². The highest BCUT2D eigenvalue weighted by Gasteiger charge is 2.42. The summed E-state index contributed by atoms with van der Waals surface area (Å²) in [5, 5.41) is 9.55. The smallest absolute Gasteiger partial charge is 0.376 e. The molecule has 4 heteroatoms. The van der Waals surface area contributed by atoms with Crippen LogP contribution in [0.2, 0.25) is 6.82 Å². The Balaban J connectivity index is 2.09. The molecule has 2 heterocycles. The lowest BCUT2D eigenvalue weighted by atomic mass is 9.79. The first-order valence-corrected chi connectivity index (χ1v) is 5.69. The third-order valence-corrected chi connectivity index (χ3v) is 3.91. The van der Waals surface area contributed by atoms with Crippen molar-refractivity contribution >= 4 is 23.0 Å². The predicted octanol–water partition coefficient (Wildman–Crippen LogP) is 1.49. The minimum absolute atomic E-state index is 0.248. The van der Waals surface area contributed by atoms with Crippen LogP contribution >= 0.6 is 15.9 Å². The van der Waals surface area contributed by atoms with Gasteiger partial charge in [0.25, 0.3) is 0 Å². The zero-order chi connectivity index (χ0) is 8.72. The van der Waals surface area contributed by atoms with Gasteiger partial charge >= 0.3 is 7.05 Å². The highest BCUT2D eigenvalue weighted by molar-refractivity contribution is 9.09. The Labute approximate surface area is 82.6 Å². The van der Waals surface area contributed by atoms with E-state index < -0.39 is 0 Å². The minimum atomic E-state index is -0.248. The third-order valence-electron chi connectivity index (χ3n) is 3.16. The molecule has 68 valence electrons. The predicted molar refractivity (Wildman–Crippen MR) is 54.4 cm³/mol. The van der Waals surface area contributed by atoms with Crippen LogP contribution in [0.4, 0.5) is 0 Å². The van der Waals surface area contributed by atoms with Crippen molar-refractivity contribution in [3.8, 4) is 0 Å². The van der Waals surface area contributed by atoms with Crippen LogP contribution in [-0.4, -0.2) is 33.8 Å². The lowest BCUT2D eigenvalue weighted by Gasteiger charge is -2.37. The molecule has 2 aliphatic heterocycles. The zero-order valence-corrected chi connectivity index (χ0v) is 9.00. The van der Waals surface area contributed by atoms with Crippen molar-refractivity contribution in [1.29, 1.82) is 0 Å². The summed E-state index contributed by atoms with van der Waals surface area (Å²) in [5.74, 6) is 0. The first-order valence-electron chi connectivity index (χ1n) is 4.78. The molecule has 2 fully saturated rings. The van der Waals surface area contributed by atoms with Gasteiger partial charge in [-0.2, -0.15) is 0 Å². The van der Waals surface area contributed by atoms with Crippen LogP contribution in [0.5, 0.6) is 0 Å². The molecule has 3 atom stereocenters. The van der Waals surface area contributed by atoms with E-state index in [1.807, 2.05) is 6.82 Å². The average Bonchev–Trinajstić information content (AvgIpc) is 2.24. The van der Waals surface area contributed by atoms with Gasteiger partial charge in [-0.25, -0.2) is 0 Å². The Bertz CT molecular complexity index is 164. The van der Waals surface area contributed by atoms with E-state index in [2.05, 4.69) is 20.7 Å². The third kappa shape index (κ3) is 1.45. The summed E-state index contributed by atoms with van der Waals surface area (Å²) in [7, 11) is -0.248. The van der Waals surface area contributed by atoms with Crippen LogP contribution in [0, 0.1) is 0 Å². The Morgan fingerprint density at radius 1 is 1.33 bits per heavy atom. The monoisotopic (exact) mass is 231 g/mol. The summed E-state index contributed by atoms with van der Waals surface area (Å²) < 4.78 is 0. The van der Waals surface area contributed by atoms with Gasteiger partial charge in [0.05, 0.1) is 0 Å². The molecule has 12 heavy (non-hydrogen) atoms. The van der Waals surface area contributed by atoms with Gasteiger partial charge in [-0.1, -0.05) is 15.9 Å². The van der Waals surface area contributed by atoms with Crippen molar-refractivity contribution in [1.82, 2.24) is 4.81 Å². The van der Waals surface area contributed by atoms with Gasteiger partial charge in [-0.15, -0.1) is 0 Å². The normalized spacial score (nSPS) is 41.8. The van der Waals surface area contributed by atoms with E-state index in [-0.39, 0.29) is 7.05 Å². The van der Waals surface area contributed by atoms with Crippen molar-refractivity contribution in [2.75, 3.05) is 0 Å². The SMILES string of the molecule is CB(O)N1[C@@H]2CC[C@H]1CC(Br)C2. The van der Waals surface area contributed by atoms with Crippen LogP contribution in [0.15, 0.2) is 0 Å². The van der Waals surface area contributed by atoms with Gasteiger partial charge < -0.3 is 9.83 Å². The van der Waals surface area contributed by atoms with E-state index in [4.69, 9.17) is 0 Å². The summed E-state index contributed by atoms with van der Waals surface area (Å²) >= 11 is 3.68. The van der Waals surface area contributed by atoms with Gasteiger partial charge in [-0.3, -0.25) is 0 Å². The summed E-state index contributed by atoms with van der Waals surface area (Å²) in [6.07, 6.45) is 4.97. The molecular weight excluding hydrogens is 217 g/mol. The number of alkyl halides is 1. The topological polar surface area (TPSA) is 23.5 Å². The van der Waals surface area contributed by atoms with E-state index in [1.165, 1.54) is 25.7 Å². The standard InChI is InChI=1S/C8H15BBrNO/c1-9(12)11-7-2-3-8(11)5-6(10)4-7/h6-8,12H,2-5H2,1H3/t6?,7-,8+. The molecule has 2 saturated heterocycles. The fourth-order valence-corrected chi connectivity index (χ4v) is 3.62. The second-order valence-corrected chi connectivity index (χ2v) is 5.33. The van der Waals surface area contributed by atoms with Gasteiger partial charge in [-0.05, 0) is 32.5 Å². The maximum atomic E-state index is 9.55. The molecule has 1 N–H and O–H groups in total. The molecule has 2 nitrogen and oxygen atoms in total. The summed E-state index contributed by atoms with van der Waals surface area (Å²) in [6, 6.07) is 1.27. The van der Waals surface area contributed by atoms with Crippen LogP contribution in [0.1, 0.15) is 25.7 Å². The maximum Gasteiger partial charge on any atom is 0.376 e. The molecule has 2 rings (SSSR count). The van der Waals surface area contributed by atoms with Crippen molar-refractivity contribution in [3.05, 3.63) is 0 Å². The van der Waals surface area contributed by atoms with Crippen LogP contribution in [0.3, 0.4) is 0 Å². The minimum Gasteiger partial charge on any atom is -0.437 e. The fraction of sp³-hybridized carbons (Fsp3) is 1.00. The molecule has 0 aromatic heterocycles. The molecule has 2 bridgehead atoms. The summed E-state index contributed by atoms with van der Waals surface area (Å²) in [4.78, 5) is 2.97. The van der Waals surface area contributed by atoms with Crippen molar-refractivity contribution in [2.24, 2.45) is 0 Å². The molecule has 0 saturated carbocycles. The number of nitrogens with zero attached hydrogens (tertiary/aromatic N) is 1. The highest BCUT2D eigenvalue weighted by Crippen LogP contribution is 2.38. The van der Waals surface area contributed by atoms with Crippen LogP contribution in [-0.2, 0) is 0 Å². The first kappa shape index (κ1) is 9.04. The number of rotatable bonds is 1. The molecular formula is C8H15BBrNO. The van der Waals surface area contributed by atoms with E-state index in [9.17, 15) is 5.02 Å². The number of halogens is 1. The lowest BCUT2D eigenvalue weighted by molar-refractivity contribution is 0.226. The molecule has 0 aliphatic carbocycles. The quantitative estimate of drug-likeness (QED) is 0.546. The van der Waals surface area contributed by atoms with Crippen LogP contribution in [0.25, 0.3) is 0 Å². The molecule has 0 spiro atoms. The number of fused-ring (bicyclic) bond motifs is 2. The summed E-state index contributed by atoms with van der Waals surface area (Å²) in [6.45, 7) is 1.89. The number of hydrogen-bond donors (Lipinski definition) is 1. The molecule has 2 aliphatic rings. The Morgan fingerprint density at radius 3 is 2.25 bits per heavy atom. The lowest BCUT2D eigenvalue weighted by Crippen LogP contribution is -2.50. The molecule has 0 amide bonds. The van der Waals surface area contributed by atoms with E-state index >= 15 is 0 Å². The van der Waals surface area contributed by atoms with E-state index in [0.717, 1.165) is 0 Å². The first-order chi connectivity index (χ1) is 5.68. The zero-order valence-electron chi connectivity index (χ0n) is 7.41. The Hall–Kier alpha value is 0.465. The van der Waals surface area contributed by atoms with Gasteiger partial charge in [0.1, 0.15) is 0 Å². The highest BCUT2D eigenvalue weighted by atomic mass is 79.9. The molecule has 1 unspecified atom stereocenters. The average molecular weight is 232 g/mol. The second kappa shape index (κ2) is 3.31. The molecule has 0 aromatic rings.